The number of nitrogens with zero attached hydrogens (tertiary/aromatic N) is 1. The third kappa shape index (κ3) is 6.61. The van der Waals surface area contributed by atoms with Gasteiger partial charge in [0.1, 0.15) is 0 Å². The highest BCUT2D eigenvalue weighted by Crippen LogP contribution is 2.34. The van der Waals surface area contributed by atoms with Crippen molar-refractivity contribution < 1.29 is 37.1 Å². The van der Waals surface area contributed by atoms with Crippen molar-refractivity contribution in [2.75, 3.05) is 18.5 Å². The zero-order valence-electron chi connectivity index (χ0n) is 19.9. The molecule has 3 amide bonds. The fraction of sp³-hybridized carbons (Fsp3) is 0.360. The van der Waals surface area contributed by atoms with Crippen LogP contribution in [0.25, 0.3) is 0 Å². The molecule has 0 aromatic heterocycles. The van der Waals surface area contributed by atoms with Crippen LogP contribution in [0.1, 0.15) is 48.7 Å². The van der Waals surface area contributed by atoms with E-state index in [0.717, 1.165) is 22.7 Å². The maximum Gasteiger partial charge on any atom is 0.418 e. The van der Waals surface area contributed by atoms with Gasteiger partial charge in [0.15, 0.2) is 6.61 Å². The molecule has 192 valence electrons. The van der Waals surface area contributed by atoms with E-state index in [-0.39, 0.29) is 18.4 Å². The Morgan fingerprint density at radius 3 is 2.28 bits per heavy atom. The van der Waals surface area contributed by atoms with Crippen molar-refractivity contribution in [3.8, 4) is 0 Å². The molecule has 0 spiro atoms. The topological polar surface area (TPSA) is 105 Å². The van der Waals surface area contributed by atoms with Crippen molar-refractivity contribution in [2.45, 2.75) is 38.8 Å². The van der Waals surface area contributed by atoms with Crippen LogP contribution >= 0.6 is 0 Å². The molecule has 1 aliphatic rings. The second-order valence-corrected chi connectivity index (χ2v) is 9.37. The number of hydrogen-bond acceptors (Lipinski definition) is 5. The first-order valence-corrected chi connectivity index (χ1v) is 11.1. The number of carbonyl (C=O) groups is 4. The molecule has 0 radical (unpaired) electrons. The molecule has 2 aromatic carbocycles. The van der Waals surface area contributed by atoms with E-state index in [1.54, 1.807) is 12.1 Å². The van der Waals surface area contributed by atoms with Crippen LogP contribution in [-0.4, -0.2) is 41.9 Å². The van der Waals surface area contributed by atoms with Gasteiger partial charge in [0, 0.05) is 12.0 Å². The molecular weight excluding hydrogens is 479 g/mol. The summed E-state index contributed by atoms with van der Waals surface area (Å²) in [5.74, 6) is -3.83. The Balaban J connectivity index is 1.52. The van der Waals surface area contributed by atoms with Crippen LogP contribution in [0.5, 0.6) is 0 Å². The van der Waals surface area contributed by atoms with E-state index < -0.39 is 53.6 Å². The van der Waals surface area contributed by atoms with Crippen LogP contribution in [0, 0.1) is 5.92 Å². The second-order valence-electron chi connectivity index (χ2n) is 9.37. The minimum atomic E-state index is -4.67. The summed E-state index contributed by atoms with van der Waals surface area (Å²) in [5, 5.41) is 3.07. The van der Waals surface area contributed by atoms with E-state index in [1.165, 1.54) is 12.1 Å². The molecule has 0 saturated carbocycles. The Morgan fingerprint density at radius 2 is 1.67 bits per heavy atom. The molecule has 1 aliphatic heterocycles. The summed E-state index contributed by atoms with van der Waals surface area (Å²) in [4.78, 5) is 49.2. The summed E-state index contributed by atoms with van der Waals surface area (Å²) in [6, 6.07) is 11.3. The van der Waals surface area contributed by atoms with Gasteiger partial charge < -0.3 is 10.1 Å². The number of anilines is 1. The van der Waals surface area contributed by atoms with Crippen molar-refractivity contribution in [3.63, 3.8) is 0 Å². The minimum absolute atomic E-state index is 0.0911. The first kappa shape index (κ1) is 26.7. The number of hydrogen-bond donors (Lipinski definition) is 2. The van der Waals surface area contributed by atoms with Gasteiger partial charge in [-0.1, -0.05) is 45.0 Å². The number of ether oxygens (including phenoxy) is 1. The molecule has 11 heteroatoms. The van der Waals surface area contributed by atoms with E-state index in [9.17, 15) is 32.3 Å². The lowest BCUT2D eigenvalue weighted by molar-refractivity contribution is -0.151. The van der Waals surface area contributed by atoms with Crippen LogP contribution in [0.15, 0.2) is 48.5 Å². The molecule has 2 aromatic rings. The molecule has 1 heterocycles. The van der Waals surface area contributed by atoms with Gasteiger partial charge in [0.25, 0.3) is 11.8 Å². The number of alkyl halides is 3. The number of esters is 1. The number of amides is 3. The summed E-state index contributed by atoms with van der Waals surface area (Å²) in [7, 11) is 0. The third-order valence-corrected chi connectivity index (χ3v) is 5.56. The van der Waals surface area contributed by atoms with Gasteiger partial charge in [0.05, 0.1) is 23.7 Å². The smallest absolute Gasteiger partial charge is 0.418 e. The molecular formula is C25H26F3N3O5. The first-order chi connectivity index (χ1) is 16.8. The van der Waals surface area contributed by atoms with E-state index in [1.807, 2.05) is 32.9 Å². The van der Waals surface area contributed by atoms with Crippen molar-refractivity contribution in [3.05, 3.63) is 65.2 Å². The molecule has 36 heavy (non-hydrogen) atoms. The average molecular weight is 505 g/mol. The Morgan fingerprint density at radius 1 is 1.03 bits per heavy atom. The SMILES string of the molecule is CC(C)(C)c1ccc(C(=O)NN2C[C@@H](C(=O)OCC(=O)Nc3ccccc3C(F)(F)F)CC2=O)cc1. The summed E-state index contributed by atoms with van der Waals surface area (Å²) in [6.07, 6.45) is -4.92. The quantitative estimate of drug-likeness (QED) is 0.583. The van der Waals surface area contributed by atoms with Gasteiger partial charge >= 0.3 is 12.1 Å². The Bertz CT molecular complexity index is 1160. The number of rotatable bonds is 6. The molecule has 1 saturated heterocycles. The lowest BCUT2D eigenvalue weighted by Crippen LogP contribution is -2.43. The third-order valence-electron chi connectivity index (χ3n) is 5.56. The van der Waals surface area contributed by atoms with Crippen molar-refractivity contribution in [1.82, 2.24) is 10.4 Å². The van der Waals surface area contributed by atoms with Crippen LogP contribution in [0.2, 0.25) is 0 Å². The van der Waals surface area contributed by atoms with Crippen LogP contribution < -0.4 is 10.7 Å². The van der Waals surface area contributed by atoms with Gasteiger partial charge in [-0.25, -0.2) is 0 Å². The molecule has 1 atom stereocenters. The predicted molar refractivity (Wildman–Crippen MR) is 123 cm³/mol. The number of nitrogens with one attached hydrogen (secondary N) is 2. The summed E-state index contributed by atoms with van der Waals surface area (Å²) in [5.41, 5.74) is 2.23. The van der Waals surface area contributed by atoms with Crippen LogP contribution in [-0.2, 0) is 30.7 Å². The van der Waals surface area contributed by atoms with E-state index >= 15 is 0 Å². The van der Waals surface area contributed by atoms with Crippen LogP contribution in [0.3, 0.4) is 0 Å². The number of para-hydroxylation sites is 1. The van der Waals surface area contributed by atoms with Crippen molar-refractivity contribution in [2.24, 2.45) is 5.92 Å². The lowest BCUT2D eigenvalue weighted by Gasteiger charge is -2.20. The number of benzene rings is 2. The highest BCUT2D eigenvalue weighted by Gasteiger charge is 2.37. The van der Waals surface area contributed by atoms with Gasteiger partial charge in [-0.15, -0.1) is 0 Å². The lowest BCUT2D eigenvalue weighted by atomic mass is 9.87. The normalized spacial score (nSPS) is 16.0. The molecule has 0 aliphatic carbocycles. The molecule has 0 bridgehead atoms. The van der Waals surface area contributed by atoms with E-state index in [0.29, 0.717) is 5.56 Å². The molecule has 0 unspecified atom stereocenters. The minimum Gasteiger partial charge on any atom is -0.455 e. The van der Waals surface area contributed by atoms with Crippen molar-refractivity contribution >= 4 is 29.4 Å². The van der Waals surface area contributed by atoms with Gasteiger partial charge in [-0.05, 0) is 35.2 Å². The van der Waals surface area contributed by atoms with Gasteiger partial charge in [-0.2, -0.15) is 13.2 Å². The maximum absolute atomic E-state index is 13.1. The maximum atomic E-state index is 13.1. The molecule has 3 rings (SSSR count). The second kappa shape index (κ2) is 10.4. The highest BCUT2D eigenvalue weighted by molar-refractivity contribution is 5.97. The standard InChI is InChI=1S/C25H26F3N3O5/c1-24(2,3)17-10-8-15(9-11-17)22(34)30-31-13-16(12-21(31)33)23(35)36-14-20(32)29-19-7-5-4-6-18(19)25(26,27)28/h4-11,16H,12-14H2,1-3H3,(H,29,32)(H,30,34)/t16-/m0/s1. The molecule has 2 N–H and O–H groups in total. The number of hydrazine groups is 1. The number of halogens is 3. The number of carbonyl (C=O) groups excluding carboxylic acids is 4. The zero-order chi connectivity index (χ0) is 26.7. The Kier molecular flexibility index (Phi) is 7.71. The fourth-order valence-corrected chi connectivity index (χ4v) is 3.56. The highest BCUT2D eigenvalue weighted by atomic mass is 19.4. The first-order valence-electron chi connectivity index (χ1n) is 11.1. The Labute approximate surface area is 205 Å². The predicted octanol–water partition coefficient (Wildman–Crippen LogP) is 3.68. The molecule has 8 nitrogen and oxygen atoms in total. The largest absolute Gasteiger partial charge is 0.455 e. The monoisotopic (exact) mass is 505 g/mol. The van der Waals surface area contributed by atoms with Gasteiger partial charge in [0.2, 0.25) is 5.91 Å². The average Bonchev–Trinajstić information content (AvgIpc) is 3.16. The fourth-order valence-electron chi connectivity index (χ4n) is 3.56. The molecule has 1 fully saturated rings. The summed E-state index contributed by atoms with van der Waals surface area (Å²) in [6.45, 7) is 5.12. The zero-order valence-corrected chi connectivity index (χ0v) is 19.9. The summed E-state index contributed by atoms with van der Waals surface area (Å²) >= 11 is 0. The van der Waals surface area contributed by atoms with E-state index in [4.69, 9.17) is 4.74 Å². The van der Waals surface area contributed by atoms with Gasteiger partial charge in [-0.3, -0.25) is 29.6 Å². The van der Waals surface area contributed by atoms with E-state index in [2.05, 4.69) is 10.7 Å². The van der Waals surface area contributed by atoms with Crippen LogP contribution in [0.4, 0.5) is 18.9 Å². The van der Waals surface area contributed by atoms with Crippen molar-refractivity contribution in [1.29, 1.82) is 0 Å². The Hall–Kier alpha value is -3.89. The summed E-state index contributed by atoms with van der Waals surface area (Å²) < 4.78 is 44.0.